The highest BCUT2D eigenvalue weighted by atomic mass is 16.5. The van der Waals surface area contributed by atoms with Gasteiger partial charge in [0.1, 0.15) is 0 Å². The molecule has 1 aromatic rings. The van der Waals surface area contributed by atoms with Gasteiger partial charge in [-0.25, -0.2) is 4.79 Å². The number of benzene rings is 1. The van der Waals surface area contributed by atoms with Crippen LogP contribution in [0.1, 0.15) is 5.56 Å². The van der Waals surface area contributed by atoms with Gasteiger partial charge in [0, 0.05) is 13.1 Å². The Hall–Kier alpha value is -2.37. The number of rotatable bonds is 6. The predicted molar refractivity (Wildman–Crippen MR) is 71.6 cm³/mol. The first-order valence-electron chi connectivity index (χ1n) is 5.68. The summed E-state index contributed by atoms with van der Waals surface area (Å²) in [4.78, 5) is 11.4. The van der Waals surface area contributed by atoms with Gasteiger partial charge in [-0.3, -0.25) is 0 Å². The number of carbonyl (C=O) groups excluding carboxylic acids is 1. The van der Waals surface area contributed by atoms with Crippen LogP contribution in [0.3, 0.4) is 0 Å². The summed E-state index contributed by atoms with van der Waals surface area (Å²) in [5.41, 5.74) is 0.750. The molecule has 6 heteroatoms. The van der Waals surface area contributed by atoms with Gasteiger partial charge in [0.15, 0.2) is 11.5 Å². The molecule has 6 nitrogen and oxygen atoms in total. The molecule has 0 fully saturated rings. The van der Waals surface area contributed by atoms with Crippen LogP contribution in [0.2, 0.25) is 0 Å². The average molecular weight is 266 g/mol. The zero-order valence-electron chi connectivity index (χ0n) is 11.0. The topological polar surface area (TPSA) is 79.8 Å². The van der Waals surface area contributed by atoms with E-state index in [2.05, 4.69) is 17.2 Å². The lowest BCUT2D eigenvalue weighted by molar-refractivity contribution is 0.241. The lowest BCUT2D eigenvalue weighted by atomic mass is 10.2. The number of hydrogen-bond acceptors (Lipinski definition) is 4. The minimum atomic E-state index is -0.300. The molecule has 0 bridgehead atoms. The molecule has 0 saturated carbocycles. The maximum absolute atomic E-state index is 11.4. The molecule has 0 unspecified atom stereocenters. The first-order chi connectivity index (χ1) is 9.12. The quantitative estimate of drug-likeness (QED) is 0.680. The fourth-order valence-electron chi connectivity index (χ4n) is 1.46. The largest absolute Gasteiger partial charge is 0.502 e. The maximum atomic E-state index is 11.4. The van der Waals surface area contributed by atoms with Gasteiger partial charge in [0.05, 0.1) is 14.2 Å². The van der Waals surface area contributed by atoms with E-state index in [1.54, 1.807) is 18.2 Å². The van der Waals surface area contributed by atoms with E-state index in [1.165, 1.54) is 14.2 Å². The number of phenolic OH excluding ortho intramolecular Hbond substituents is 1. The third-order valence-corrected chi connectivity index (χ3v) is 2.40. The van der Waals surface area contributed by atoms with Crippen molar-refractivity contribution in [1.82, 2.24) is 10.6 Å². The SMILES string of the molecule is C=CCNC(=O)NCc1cc(OC)c(O)c(OC)c1. The molecular formula is C13H18N2O4. The third kappa shape index (κ3) is 4.09. The first kappa shape index (κ1) is 14.7. The van der Waals surface area contributed by atoms with Crippen molar-refractivity contribution in [2.45, 2.75) is 6.54 Å². The standard InChI is InChI=1S/C13H18N2O4/c1-4-5-14-13(17)15-8-9-6-10(18-2)12(16)11(7-9)19-3/h4,6-7,16H,1,5,8H2,2-3H3,(H2,14,15,17). The summed E-state index contributed by atoms with van der Waals surface area (Å²) in [6.07, 6.45) is 1.59. The summed E-state index contributed by atoms with van der Waals surface area (Å²) < 4.78 is 10.1. The fraction of sp³-hybridized carbons (Fsp3) is 0.308. The lowest BCUT2D eigenvalue weighted by Crippen LogP contribution is -2.34. The molecule has 0 heterocycles. The van der Waals surface area contributed by atoms with E-state index in [1.807, 2.05) is 0 Å². The second-order valence-corrected chi connectivity index (χ2v) is 3.70. The highest BCUT2D eigenvalue weighted by Crippen LogP contribution is 2.36. The van der Waals surface area contributed by atoms with Gasteiger partial charge < -0.3 is 25.2 Å². The number of hydrogen-bond donors (Lipinski definition) is 3. The van der Waals surface area contributed by atoms with Crippen molar-refractivity contribution in [1.29, 1.82) is 0 Å². The number of aromatic hydroxyl groups is 1. The molecule has 0 saturated heterocycles. The molecule has 104 valence electrons. The minimum absolute atomic E-state index is 0.0649. The Morgan fingerprint density at radius 3 is 2.37 bits per heavy atom. The van der Waals surface area contributed by atoms with Crippen molar-refractivity contribution < 1.29 is 19.4 Å². The normalized spacial score (nSPS) is 9.58. The maximum Gasteiger partial charge on any atom is 0.315 e. The molecule has 2 amide bonds. The van der Waals surface area contributed by atoms with E-state index in [-0.39, 0.29) is 18.3 Å². The number of carbonyl (C=O) groups is 1. The second kappa shape index (κ2) is 7.15. The summed E-state index contributed by atoms with van der Waals surface area (Å²) in [6.45, 7) is 4.19. The van der Waals surface area contributed by atoms with Gasteiger partial charge in [0.2, 0.25) is 5.75 Å². The first-order valence-corrected chi connectivity index (χ1v) is 5.68. The van der Waals surface area contributed by atoms with Crippen LogP contribution in [0.25, 0.3) is 0 Å². The fourth-order valence-corrected chi connectivity index (χ4v) is 1.46. The van der Waals surface area contributed by atoms with Crippen LogP contribution in [0.4, 0.5) is 4.79 Å². The molecule has 0 atom stereocenters. The highest BCUT2D eigenvalue weighted by molar-refractivity contribution is 5.74. The number of methoxy groups -OCH3 is 2. The minimum Gasteiger partial charge on any atom is -0.502 e. The van der Waals surface area contributed by atoms with Crippen LogP contribution in [0.5, 0.6) is 17.2 Å². The van der Waals surface area contributed by atoms with Crippen molar-refractivity contribution >= 4 is 6.03 Å². The van der Waals surface area contributed by atoms with E-state index in [4.69, 9.17) is 9.47 Å². The Bertz CT molecular complexity index is 435. The van der Waals surface area contributed by atoms with Gasteiger partial charge in [-0.15, -0.1) is 6.58 Å². The molecule has 3 N–H and O–H groups in total. The zero-order valence-corrected chi connectivity index (χ0v) is 11.0. The molecule has 0 aliphatic rings. The smallest absolute Gasteiger partial charge is 0.315 e. The van der Waals surface area contributed by atoms with E-state index in [9.17, 15) is 9.90 Å². The summed E-state index contributed by atoms with van der Waals surface area (Å²) >= 11 is 0. The van der Waals surface area contributed by atoms with E-state index >= 15 is 0 Å². The number of nitrogens with one attached hydrogen (secondary N) is 2. The monoisotopic (exact) mass is 266 g/mol. The van der Waals surface area contributed by atoms with Crippen LogP contribution in [0.15, 0.2) is 24.8 Å². The summed E-state index contributed by atoms with van der Waals surface area (Å²) in [5.74, 6) is 0.523. The van der Waals surface area contributed by atoms with Gasteiger partial charge in [-0.2, -0.15) is 0 Å². The second-order valence-electron chi connectivity index (χ2n) is 3.70. The molecule has 19 heavy (non-hydrogen) atoms. The summed E-state index contributed by atoms with van der Waals surface area (Å²) in [5, 5.41) is 15.0. The molecule has 0 radical (unpaired) electrons. The number of urea groups is 1. The Morgan fingerprint density at radius 1 is 1.32 bits per heavy atom. The van der Waals surface area contributed by atoms with Crippen LogP contribution in [0, 0.1) is 0 Å². The van der Waals surface area contributed by atoms with Crippen LogP contribution in [-0.2, 0) is 6.54 Å². The zero-order chi connectivity index (χ0) is 14.3. The number of phenols is 1. The average Bonchev–Trinajstić information content (AvgIpc) is 2.43. The van der Waals surface area contributed by atoms with Crippen molar-refractivity contribution in [3.05, 3.63) is 30.4 Å². The molecule has 0 aliphatic carbocycles. The molecular weight excluding hydrogens is 248 g/mol. The highest BCUT2D eigenvalue weighted by Gasteiger charge is 2.11. The predicted octanol–water partition coefficient (Wildman–Crippen LogP) is 1.39. The van der Waals surface area contributed by atoms with E-state index < -0.39 is 0 Å². The van der Waals surface area contributed by atoms with Crippen LogP contribution >= 0.6 is 0 Å². The van der Waals surface area contributed by atoms with Crippen molar-refractivity contribution in [3.8, 4) is 17.2 Å². The molecule has 0 aliphatic heterocycles. The number of amides is 2. The Kier molecular flexibility index (Phi) is 5.53. The Morgan fingerprint density at radius 2 is 1.89 bits per heavy atom. The lowest BCUT2D eigenvalue weighted by Gasteiger charge is -2.12. The Labute approximate surface area is 112 Å². The summed E-state index contributed by atoms with van der Waals surface area (Å²) in [6, 6.07) is 2.96. The number of ether oxygens (including phenoxy) is 2. The molecule has 1 rings (SSSR count). The molecule has 0 spiro atoms. The van der Waals surface area contributed by atoms with Gasteiger partial charge >= 0.3 is 6.03 Å². The van der Waals surface area contributed by atoms with Crippen molar-refractivity contribution in [2.75, 3.05) is 20.8 Å². The van der Waals surface area contributed by atoms with E-state index in [0.29, 0.717) is 18.0 Å². The van der Waals surface area contributed by atoms with Gasteiger partial charge in [-0.1, -0.05) is 6.08 Å². The Balaban J connectivity index is 2.73. The van der Waals surface area contributed by atoms with Crippen molar-refractivity contribution in [2.24, 2.45) is 0 Å². The van der Waals surface area contributed by atoms with Gasteiger partial charge in [0.25, 0.3) is 0 Å². The molecule has 0 aromatic heterocycles. The van der Waals surface area contributed by atoms with E-state index in [0.717, 1.165) is 5.56 Å². The van der Waals surface area contributed by atoms with Gasteiger partial charge in [-0.05, 0) is 17.7 Å². The van der Waals surface area contributed by atoms with Crippen LogP contribution in [-0.4, -0.2) is 31.9 Å². The van der Waals surface area contributed by atoms with Crippen molar-refractivity contribution in [3.63, 3.8) is 0 Å². The van der Waals surface area contributed by atoms with Crippen LogP contribution < -0.4 is 20.1 Å². The third-order valence-electron chi connectivity index (χ3n) is 2.40. The molecule has 1 aromatic carbocycles. The summed E-state index contributed by atoms with van der Waals surface area (Å²) in [7, 11) is 2.89.